The molecule has 0 spiro atoms. The zero-order valence-corrected chi connectivity index (χ0v) is 38.0. The zero-order valence-electron chi connectivity index (χ0n) is 38.0. The molecule has 9 heteroatoms. The number of carbonyl (C=O) groups excluding carboxylic acids is 4. The molecule has 0 saturated carbocycles. The van der Waals surface area contributed by atoms with Crippen molar-refractivity contribution >= 4 is 23.9 Å². The molecule has 0 rings (SSSR count). The van der Waals surface area contributed by atoms with E-state index in [4.69, 9.17) is 18.9 Å². The Bertz CT molecular complexity index is 811. The fourth-order valence-electron chi connectivity index (χ4n) is 7.02. The van der Waals surface area contributed by atoms with E-state index in [-0.39, 0.29) is 35.7 Å². The molecule has 0 aliphatic rings. The second-order valence-electron chi connectivity index (χ2n) is 16.5. The van der Waals surface area contributed by atoms with Crippen LogP contribution in [0, 0.1) is 11.8 Å². The molecule has 336 valence electrons. The Kier molecular flexibility index (Phi) is 40.4. The maximum absolute atomic E-state index is 12.5. The summed E-state index contributed by atoms with van der Waals surface area (Å²) in [7, 11) is 0. The van der Waals surface area contributed by atoms with Gasteiger partial charge in [0.15, 0.2) is 0 Å². The number of rotatable bonds is 43. The molecule has 0 aliphatic carbocycles. The van der Waals surface area contributed by atoms with Gasteiger partial charge in [0.2, 0.25) is 0 Å². The summed E-state index contributed by atoms with van der Waals surface area (Å²) in [5, 5.41) is 0. The van der Waals surface area contributed by atoms with E-state index >= 15 is 0 Å². The van der Waals surface area contributed by atoms with Crippen LogP contribution in [0.2, 0.25) is 0 Å². The Morgan fingerprint density at radius 1 is 0.351 bits per heavy atom. The van der Waals surface area contributed by atoms with Crippen molar-refractivity contribution in [3.8, 4) is 0 Å². The van der Waals surface area contributed by atoms with Gasteiger partial charge >= 0.3 is 23.9 Å². The summed E-state index contributed by atoms with van der Waals surface area (Å²) in [4.78, 5) is 52.3. The third kappa shape index (κ3) is 37.8. The second-order valence-corrected chi connectivity index (χ2v) is 16.5. The maximum Gasteiger partial charge on any atom is 0.305 e. The van der Waals surface area contributed by atoms with Crippen LogP contribution in [0.15, 0.2) is 0 Å². The van der Waals surface area contributed by atoms with Gasteiger partial charge < -0.3 is 23.8 Å². The van der Waals surface area contributed by atoms with E-state index in [1.165, 1.54) is 51.4 Å². The fraction of sp³-hybridized carbons (Fsp3) is 0.917. The zero-order chi connectivity index (χ0) is 42.0. The highest BCUT2D eigenvalue weighted by atomic mass is 16.6. The maximum atomic E-state index is 12.5. The molecule has 0 N–H and O–H groups in total. The van der Waals surface area contributed by atoms with E-state index in [1.54, 1.807) is 0 Å². The van der Waals surface area contributed by atoms with Crippen molar-refractivity contribution in [1.82, 2.24) is 4.90 Å². The van der Waals surface area contributed by atoms with Gasteiger partial charge in [-0.15, -0.1) is 0 Å². The quantitative estimate of drug-likeness (QED) is 0.0338. The number of esters is 4. The van der Waals surface area contributed by atoms with Gasteiger partial charge in [-0.3, -0.25) is 19.2 Å². The van der Waals surface area contributed by atoms with Crippen LogP contribution >= 0.6 is 0 Å². The second kappa shape index (κ2) is 42.0. The largest absolute Gasteiger partial charge is 0.465 e. The molecule has 0 bridgehead atoms. The van der Waals surface area contributed by atoms with Crippen LogP contribution in [-0.2, 0) is 38.1 Å². The van der Waals surface area contributed by atoms with Crippen LogP contribution in [0.1, 0.15) is 227 Å². The Morgan fingerprint density at radius 2 is 0.614 bits per heavy atom. The molecule has 0 radical (unpaired) electrons. The van der Waals surface area contributed by atoms with E-state index in [9.17, 15) is 19.2 Å². The Labute approximate surface area is 351 Å². The van der Waals surface area contributed by atoms with Gasteiger partial charge in [-0.1, -0.05) is 150 Å². The van der Waals surface area contributed by atoms with E-state index in [1.807, 2.05) is 0 Å². The molecule has 0 atom stereocenters. The van der Waals surface area contributed by atoms with Gasteiger partial charge in [0.25, 0.3) is 0 Å². The normalized spacial score (nSPS) is 11.4. The summed E-state index contributed by atoms with van der Waals surface area (Å²) < 4.78 is 22.7. The fourth-order valence-corrected chi connectivity index (χ4v) is 7.02. The van der Waals surface area contributed by atoms with Crippen molar-refractivity contribution in [2.24, 2.45) is 11.8 Å². The molecule has 0 saturated heterocycles. The minimum absolute atomic E-state index is 0.00964. The third-order valence-electron chi connectivity index (χ3n) is 11.0. The molecule has 0 unspecified atom stereocenters. The van der Waals surface area contributed by atoms with Crippen LogP contribution in [0.4, 0.5) is 0 Å². The lowest BCUT2D eigenvalue weighted by Gasteiger charge is -2.22. The van der Waals surface area contributed by atoms with Crippen molar-refractivity contribution in [2.45, 2.75) is 227 Å². The van der Waals surface area contributed by atoms with Crippen LogP contribution in [-0.4, -0.2) is 74.8 Å². The van der Waals surface area contributed by atoms with Gasteiger partial charge in [-0.25, -0.2) is 0 Å². The molecule has 0 amide bonds. The molecular weight excluding hydrogens is 719 g/mol. The molecule has 0 aromatic rings. The first kappa shape index (κ1) is 54.8. The van der Waals surface area contributed by atoms with Crippen molar-refractivity contribution in [3.05, 3.63) is 0 Å². The standard InChI is InChI=1S/C48H91NO8/c1-6-11-15-19-23-33-45(50)54-39-43(40-55-46(51)34-24-20-16-12-7-2)31-27-29-37-49(10-5)38-30-28-32-44(41-56-47(52)35-25-21-17-13-8-3)42-57-48(53)36-26-22-18-14-9-4/h43-44H,6-42H2,1-5H3. The third-order valence-corrected chi connectivity index (χ3v) is 11.0. The van der Waals surface area contributed by atoms with Gasteiger partial charge in [-0.2, -0.15) is 0 Å². The number of unbranched alkanes of at least 4 members (excludes halogenated alkanes) is 18. The molecule has 9 nitrogen and oxygen atoms in total. The molecule has 0 aliphatic heterocycles. The van der Waals surface area contributed by atoms with Crippen LogP contribution in [0.3, 0.4) is 0 Å². The topological polar surface area (TPSA) is 108 Å². The summed E-state index contributed by atoms with van der Waals surface area (Å²) in [5.41, 5.74) is 0. The minimum Gasteiger partial charge on any atom is -0.465 e. The van der Waals surface area contributed by atoms with Gasteiger partial charge in [0.1, 0.15) is 0 Å². The van der Waals surface area contributed by atoms with Crippen molar-refractivity contribution in [2.75, 3.05) is 46.1 Å². The van der Waals surface area contributed by atoms with E-state index < -0.39 is 0 Å². The first-order valence-corrected chi connectivity index (χ1v) is 24.1. The highest BCUT2D eigenvalue weighted by molar-refractivity contribution is 5.70. The van der Waals surface area contributed by atoms with Crippen molar-refractivity contribution in [1.29, 1.82) is 0 Å². The molecule has 0 aromatic carbocycles. The minimum atomic E-state index is -0.148. The Balaban J connectivity index is 4.84. The first-order valence-electron chi connectivity index (χ1n) is 24.1. The molecule has 0 heterocycles. The lowest BCUT2D eigenvalue weighted by molar-refractivity contribution is -0.151. The molecule has 57 heavy (non-hydrogen) atoms. The summed E-state index contributed by atoms with van der Waals surface area (Å²) in [6, 6.07) is 0. The van der Waals surface area contributed by atoms with Crippen molar-refractivity contribution in [3.63, 3.8) is 0 Å². The highest BCUT2D eigenvalue weighted by Gasteiger charge is 2.18. The summed E-state index contributed by atoms with van der Waals surface area (Å²) >= 11 is 0. The lowest BCUT2D eigenvalue weighted by atomic mass is 10.0. The van der Waals surface area contributed by atoms with Crippen LogP contribution < -0.4 is 0 Å². The average molecular weight is 810 g/mol. The van der Waals surface area contributed by atoms with E-state index in [0.29, 0.717) is 52.1 Å². The number of carbonyl (C=O) groups is 4. The predicted octanol–water partition coefficient (Wildman–Crippen LogP) is 12.5. The van der Waals surface area contributed by atoms with E-state index in [0.717, 1.165) is 135 Å². The van der Waals surface area contributed by atoms with Gasteiger partial charge in [-0.05, 0) is 71.0 Å². The van der Waals surface area contributed by atoms with Gasteiger partial charge in [0.05, 0.1) is 26.4 Å². The summed E-state index contributed by atoms with van der Waals surface area (Å²) in [6.45, 7) is 15.1. The predicted molar refractivity (Wildman–Crippen MR) is 234 cm³/mol. The monoisotopic (exact) mass is 810 g/mol. The number of hydrogen-bond donors (Lipinski definition) is 0. The van der Waals surface area contributed by atoms with Gasteiger partial charge in [0, 0.05) is 37.5 Å². The number of hydrogen-bond acceptors (Lipinski definition) is 9. The Morgan fingerprint density at radius 3 is 0.860 bits per heavy atom. The number of ether oxygens (including phenoxy) is 4. The smallest absolute Gasteiger partial charge is 0.305 e. The lowest BCUT2D eigenvalue weighted by Crippen LogP contribution is -2.27. The summed E-state index contributed by atoms with van der Waals surface area (Å²) in [6.07, 6.45) is 29.3. The number of nitrogens with zero attached hydrogens (tertiary/aromatic N) is 1. The summed E-state index contributed by atoms with van der Waals surface area (Å²) in [5.74, 6) is -0.573. The van der Waals surface area contributed by atoms with Crippen LogP contribution in [0.5, 0.6) is 0 Å². The molecular formula is C48H91NO8. The Hall–Kier alpha value is -2.16. The van der Waals surface area contributed by atoms with E-state index in [2.05, 4.69) is 39.5 Å². The van der Waals surface area contributed by atoms with Crippen molar-refractivity contribution < 1.29 is 38.1 Å². The average Bonchev–Trinajstić information content (AvgIpc) is 3.21. The SMILES string of the molecule is CCCCCCCC(=O)OCC(CCCCN(CC)CCCCC(COC(=O)CCCCCCC)COC(=O)CCCCCCC)COC(=O)CCCCCCC. The molecule has 0 aromatic heterocycles. The molecule has 0 fully saturated rings. The first-order chi connectivity index (χ1) is 27.8. The highest BCUT2D eigenvalue weighted by Crippen LogP contribution is 2.17. The van der Waals surface area contributed by atoms with Crippen LogP contribution in [0.25, 0.3) is 0 Å².